The van der Waals surface area contributed by atoms with Gasteiger partial charge in [-0.15, -0.1) is 0 Å². The zero-order valence-electron chi connectivity index (χ0n) is 13.6. The number of rotatable bonds is 8. The van der Waals surface area contributed by atoms with E-state index >= 15 is 0 Å². The van der Waals surface area contributed by atoms with Crippen molar-refractivity contribution in [2.75, 3.05) is 18.1 Å². The van der Waals surface area contributed by atoms with Crippen LogP contribution in [0.2, 0.25) is 0 Å². The van der Waals surface area contributed by atoms with Gasteiger partial charge in [-0.3, -0.25) is 4.57 Å². The summed E-state index contributed by atoms with van der Waals surface area (Å²) < 4.78 is 59.9. The van der Waals surface area contributed by atoms with Gasteiger partial charge in [-0.1, -0.05) is 36.5 Å². The van der Waals surface area contributed by atoms with Crippen LogP contribution in [0.4, 0.5) is 0 Å². The van der Waals surface area contributed by atoms with E-state index in [1.54, 1.807) is 6.92 Å². The van der Waals surface area contributed by atoms with Crippen LogP contribution < -0.4 is 0 Å². The third-order valence-electron chi connectivity index (χ3n) is 0.990. The molecule has 0 atom stereocenters. The van der Waals surface area contributed by atoms with E-state index in [1.807, 2.05) is 0 Å². The Labute approximate surface area is 98.0 Å². The zero-order chi connectivity index (χ0) is 15.2. The highest BCUT2D eigenvalue weighted by Gasteiger charge is 2.22. The van der Waals surface area contributed by atoms with Gasteiger partial charge in [-0.25, -0.2) is 0 Å². The first-order valence-electron chi connectivity index (χ1n) is 7.01. The van der Waals surface area contributed by atoms with E-state index in [2.05, 4.69) is 0 Å². The van der Waals surface area contributed by atoms with Crippen molar-refractivity contribution in [1.82, 2.24) is 0 Å². The molecule has 13 heavy (non-hydrogen) atoms. The zero-order valence-corrected chi connectivity index (χ0v) is 10.1. The first-order chi connectivity index (χ1) is 8.47. The lowest BCUT2D eigenvalue weighted by Gasteiger charge is -2.14. The Kier molecular flexibility index (Phi) is 4.09. The van der Waals surface area contributed by atoms with Crippen LogP contribution >= 0.6 is 28.5 Å². The number of hydrogen-bond acceptors (Lipinski definition) is 4. The molecular formula is C8H19O2PS2. The van der Waals surface area contributed by atoms with E-state index in [0.717, 1.165) is 22.8 Å². The molecule has 0 radical (unpaired) electrons. The topological polar surface area (TPSA) is 26.3 Å². The molecule has 0 heterocycles. The Morgan fingerprint density at radius 1 is 1.31 bits per heavy atom. The third kappa shape index (κ3) is 6.89. The van der Waals surface area contributed by atoms with Gasteiger partial charge in [-0.2, -0.15) is 0 Å². The SMILES string of the molecule is [2H]C([2H])([2H])CCSP(=O)(OCC)SCCC([2H])([2H])[2H]. The second-order valence-corrected chi connectivity index (χ2v) is 9.64. The summed E-state index contributed by atoms with van der Waals surface area (Å²) in [7, 11) is 0. The maximum absolute atomic E-state index is 12.3. The van der Waals surface area contributed by atoms with Crippen molar-refractivity contribution in [3.8, 4) is 0 Å². The molecule has 0 aromatic carbocycles. The average molecular weight is 248 g/mol. The molecule has 2 nitrogen and oxygen atoms in total. The van der Waals surface area contributed by atoms with E-state index in [1.165, 1.54) is 0 Å². The van der Waals surface area contributed by atoms with Crippen molar-refractivity contribution >= 4 is 28.5 Å². The van der Waals surface area contributed by atoms with E-state index in [9.17, 15) is 4.57 Å². The summed E-state index contributed by atoms with van der Waals surface area (Å²) in [5, 5.41) is 0. The lowest BCUT2D eigenvalue weighted by atomic mass is 10.6. The molecule has 0 saturated heterocycles. The van der Waals surface area contributed by atoms with Crippen LogP contribution in [0.25, 0.3) is 0 Å². The molecule has 0 bridgehead atoms. The Hall–Kier alpha value is 0.890. The quantitative estimate of drug-likeness (QED) is 0.594. The number of hydrogen-bond donors (Lipinski definition) is 0. The van der Waals surface area contributed by atoms with E-state index in [-0.39, 0.29) is 31.0 Å². The minimum atomic E-state index is -3.06. The predicted molar refractivity (Wildman–Crippen MR) is 64.7 cm³/mol. The summed E-state index contributed by atoms with van der Waals surface area (Å²) in [6.07, 6.45) is -0.0941. The first kappa shape index (κ1) is 6.47. The summed E-state index contributed by atoms with van der Waals surface area (Å²) in [4.78, 5) is 0. The van der Waals surface area contributed by atoms with Gasteiger partial charge in [-0.05, 0) is 19.8 Å². The Balaban J connectivity index is 4.23. The van der Waals surface area contributed by atoms with E-state index < -0.39 is 19.5 Å². The fraction of sp³-hybridized carbons (Fsp3) is 1.00. The van der Waals surface area contributed by atoms with Gasteiger partial charge in [0.1, 0.15) is 0 Å². The minimum absolute atomic E-state index is 0.0471. The predicted octanol–water partition coefficient (Wildman–Crippen LogP) is 4.42. The molecule has 0 N–H and O–H groups in total. The summed E-state index contributed by atoms with van der Waals surface area (Å²) in [5.41, 5.74) is 0. The molecule has 0 aliphatic carbocycles. The van der Waals surface area contributed by atoms with Gasteiger partial charge >= 0.3 is 5.77 Å². The van der Waals surface area contributed by atoms with Crippen LogP contribution in [0.5, 0.6) is 0 Å². The van der Waals surface area contributed by atoms with Crippen molar-refractivity contribution in [2.24, 2.45) is 0 Å². The molecular weight excluding hydrogens is 223 g/mol. The summed E-state index contributed by atoms with van der Waals surface area (Å²) in [5.74, 6) is -2.65. The molecule has 0 saturated carbocycles. The van der Waals surface area contributed by atoms with Crippen molar-refractivity contribution in [1.29, 1.82) is 0 Å². The molecule has 80 valence electrons. The smallest absolute Gasteiger partial charge is 0.313 e. The molecule has 0 unspecified atom stereocenters. The highest BCUT2D eigenvalue weighted by molar-refractivity contribution is 8.89. The lowest BCUT2D eigenvalue weighted by Crippen LogP contribution is -1.85. The normalized spacial score (nSPS) is 20.7. The van der Waals surface area contributed by atoms with Crippen LogP contribution in [0.15, 0.2) is 0 Å². The van der Waals surface area contributed by atoms with Crippen LogP contribution in [0, 0.1) is 0 Å². The molecule has 0 amide bonds. The molecule has 0 spiro atoms. The monoisotopic (exact) mass is 248 g/mol. The fourth-order valence-corrected chi connectivity index (χ4v) is 6.96. The third-order valence-corrected chi connectivity index (χ3v) is 8.49. The van der Waals surface area contributed by atoms with Crippen molar-refractivity contribution in [3.05, 3.63) is 0 Å². The van der Waals surface area contributed by atoms with Gasteiger partial charge in [0.15, 0.2) is 0 Å². The molecule has 0 rings (SSSR count). The summed E-state index contributed by atoms with van der Waals surface area (Å²) in [6, 6.07) is 0. The molecule has 0 fully saturated rings. The van der Waals surface area contributed by atoms with Crippen molar-refractivity contribution < 1.29 is 17.3 Å². The molecule has 0 aromatic heterocycles. The Bertz CT molecular complexity index is 283. The van der Waals surface area contributed by atoms with Crippen LogP contribution in [-0.2, 0) is 9.09 Å². The van der Waals surface area contributed by atoms with Gasteiger partial charge in [0, 0.05) is 19.7 Å². The molecule has 0 aliphatic heterocycles. The summed E-state index contributed by atoms with van der Waals surface area (Å²) in [6.45, 7) is -2.15. The van der Waals surface area contributed by atoms with Crippen LogP contribution in [0.1, 0.15) is 41.7 Å². The lowest BCUT2D eigenvalue weighted by molar-refractivity contribution is 0.357. The summed E-state index contributed by atoms with van der Waals surface area (Å²) >= 11 is 1.96. The highest BCUT2D eigenvalue weighted by atomic mass is 33.1. The second kappa shape index (κ2) is 8.22. The maximum atomic E-state index is 12.3. The fourth-order valence-electron chi connectivity index (χ4n) is 0.585. The van der Waals surface area contributed by atoms with Crippen LogP contribution in [-0.4, -0.2) is 18.1 Å². The van der Waals surface area contributed by atoms with Gasteiger partial charge in [0.2, 0.25) is 0 Å². The Morgan fingerprint density at radius 3 is 2.23 bits per heavy atom. The molecule has 5 heteroatoms. The van der Waals surface area contributed by atoms with Gasteiger partial charge < -0.3 is 4.52 Å². The van der Waals surface area contributed by atoms with Gasteiger partial charge in [0.05, 0.1) is 6.61 Å². The second-order valence-electron chi connectivity index (χ2n) is 2.03. The van der Waals surface area contributed by atoms with E-state index in [4.69, 9.17) is 12.7 Å². The van der Waals surface area contributed by atoms with Gasteiger partial charge in [0.25, 0.3) is 0 Å². The average Bonchev–Trinajstić information content (AvgIpc) is 2.13. The molecule has 0 aromatic rings. The van der Waals surface area contributed by atoms with Crippen molar-refractivity contribution in [2.45, 2.75) is 33.5 Å². The maximum Gasteiger partial charge on any atom is 0.313 e. The standard InChI is InChI=1S/C8H19O2PS2/c1-4-7-12-11(9,10-6-3)13-8-5-2/h4-8H2,1-3H3/i1D3,2D3. The van der Waals surface area contributed by atoms with E-state index in [0.29, 0.717) is 0 Å². The van der Waals surface area contributed by atoms with Crippen LogP contribution in [0.3, 0.4) is 0 Å². The highest BCUT2D eigenvalue weighted by Crippen LogP contribution is 2.69. The largest absolute Gasteiger partial charge is 0.314 e. The van der Waals surface area contributed by atoms with Crippen molar-refractivity contribution in [3.63, 3.8) is 0 Å². The Morgan fingerprint density at radius 2 is 1.85 bits per heavy atom. The molecule has 0 aliphatic rings. The first-order valence-corrected chi connectivity index (χ1v) is 8.82. The minimum Gasteiger partial charge on any atom is -0.314 e.